The van der Waals surface area contributed by atoms with Crippen LogP contribution in [-0.2, 0) is 9.53 Å². The molecule has 5 rings (SSSR count). The second kappa shape index (κ2) is 7.94. The maximum atomic E-state index is 12.3. The molecule has 0 unspecified atom stereocenters. The number of fused-ring (bicyclic) bond motifs is 2. The molecule has 0 bridgehead atoms. The topological polar surface area (TPSA) is 29.5 Å². The minimum Gasteiger partial charge on any atom is -0.462 e. The van der Waals surface area contributed by atoms with Crippen molar-refractivity contribution in [3.8, 4) is 0 Å². The Bertz CT molecular complexity index is 697. The van der Waals surface area contributed by atoms with Crippen molar-refractivity contribution in [2.45, 2.75) is 97.1 Å². The Balaban J connectivity index is 1.35. The van der Waals surface area contributed by atoms with Gasteiger partial charge in [-0.15, -0.1) is 0 Å². The highest BCUT2D eigenvalue weighted by Gasteiger charge is 2.61. The molecule has 5 aliphatic rings. The van der Waals surface area contributed by atoms with Gasteiger partial charge < -0.3 is 9.64 Å². The van der Waals surface area contributed by atoms with Crippen LogP contribution in [0, 0.1) is 40.9 Å². The van der Waals surface area contributed by atoms with Crippen molar-refractivity contribution >= 4 is 5.97 Å². The van der Waals surface area contributed by atoms with Gasteiger partial charge in [0, 0.05) is 19.0 Å². The van der Waals surface area contributed by atoms with E-state index >= 15 is 0 Å². The number of hydrogen-bond acceptors (Lipinski definition) is 3. The van der Waals surface area contributed by atoms with Crippen LogP contribution in [0.1, 0.15) is 85.0 Å². The predicted molar refractivity (Wildman–Crippen MR) is 121 cm³/mol. The van der Waals surface area contributed by atoms with Gasteiger partial charge in [0.25, 0.3) is 0 Å². The standard InChI is InChI=1S/C27H43NO2/c1-17-5-10-23-22(18(2)6-9-21(15-17)30-26(29)20-7-8-20)13-14-27-16-28(4)19(3)24(27)11-12-25(23)27/h5,18-25H,6-16H2,1-4H3/b17-5+/t18-,19-,21-,22+,23+,24+,25-,27-/m0/s1. The largest absolute Gasteiger partial charge is 0.462 e. The number of likely N-dealkylation sites (tertiary alicyclic amines) is 1. The zero-order valence-corrected chi connectivity index (χ0v) is 19.7. The maximum absolute atomic E-state index is 12.3. The van der Waals surface area contributed by atoms with Crippen molar-refractivity contribution in [3.05, 3.63) is 11.6 Å². The second-order valence-electron chi connectivity index (χ2n) is 11.9. The Labute approximate surface area is 184 Å². The van der Waals surface area contributed by atoms with Gasteiger partial charge in [-0.3, -0.25) is 4.79 Å². The van der Waals surface area contributed by atoms with Gasteiger partial charge in [0.1, 0.15) is 6.10 Å². The lowest BCUT2D eigenvalue weighted by molar-refractivity contribution is -0.151. The van der Waals surface area contributed by atoms with Gasteiger partial charge in [0.05, 0.1) is 5.92 Å². The van der Waals surface area contributed by atoms with E-state index < -0.39 is 0 Å². The first-order chi connectivity index (χ1) is 14.4. The summed E-state index contributed by atoms with van der Waals surface area (Å²) >= 11 is 0. The smallest absolute Gasteiger partial charge is 0.309 e. The number of esters is 1. The molecule has 1 saturated heterocycles. The van der Waals surface area contributed by atoms with Crippen LogP contribution in [0.25, 0.3) is 0 Å². The molecule has 0 aromatic rings. The highest BCUT2D eigenvalue weighted by atomic mass is 16.5. The Hall–Kier alpha value is -0.830. The Morgan fingerprint density at radius 2 is 1.80 bits per heavy atom. The zero-order valence-electron chi connectivity index (χ0n) is 19.7. The third-order valence-electron chi connectivity index (χ3n) is 10.3. The van der Waals surface area contributed by atoms with Crippen molar-refractivity contribution in [2.75, 3.05) is 13.6 Å². The highest BCUT2D eigenvalue weighted by Crippen LogP contribution is 2.65. The third-order valence-corrected chi connectivity index (χ3v) is 10.3. The molecule has 1 heterocycles. The number of nitrogens with zero attached hydrogens (tertiary/aromatic N) is 1. The molecule has 3 heteroatoms. The molecular formula is C27H43NO2. The monoisotopic (exact) mass is 413 g/mol. The average Bonchev–Trinajstić information content (AvgIpc) is 3.45. The number of hydrogen-bond donors (Lipinski definition) is 0. The van der Waals surface area contributed by atoms with E-state index in [1.54, 1.807) is 0 Å². The Morgan fingerprint density at radius 1 is 1.03 bits per heavy atom. The molecule has 1 spiro atoms. The molecule has 168 valence electrons. The van der Waals surface area contributed by atoms with Crippen LogP contribution >= 0.6 is 0 Å². The molecule has 0 radical (unpaired) electrons. The van der Waals surface area contributed by atoms with Gasteiger partial charge in [0.2, 0.25) is 0 Å². The molecule has 1 aliphatic heterocycles. The van der Waals surface area contributed by atoms with Crippen LogP contribution in [-0.4, -0.2) is 36.6 Å². The molecule has 4 aliphatic carbocycles. The Kier molecular flexibility index (Phi) is 5.57. The van der Waals surface area contributed by atoms with Crippen molar-refractivity contribution in [3.63, 3.8) is 0 Å². The number of carbonyl (C=O) groups is 1. The third kappa shape index (κ3) is 3.57. The van der Waals surface area contributed by atoms with E-state index in [0.717, 1.165) is 61.3 Å². The lowest BCUT2D eigenvalue weighted by Crippen LogP contribution is -2.45. The van der Waals surface area contributed by atoms with Crippen LogP contribution in [0.3, 0.4) is 0 Å². The van der Waals surface area contributed by atoms with Gasteiger partial charge in [-0.05, 0) is 114 Å². The van der Waals surface area contributed by atoms with E-state index in [1.807, 2.05) is 0 Å². The summed E-state index contributed by atoms with van der Waals surface area (Å²) in [5.41, 5.74) is 2.05. The van der Waals surface area contributed by atoms with Gasteiger partial charge >= 0.3 is 5.97 Å². The van der Waals surface area contributed by atoms with E-state index in [-0.39, 0.29) is 18.0 Å². The van der Waals surface area contributed by atoms with Crippen LogP contribution < -0.4 is 0 Å². The van der Waals surface area contributed by atoms with Crippen LogP contribution in [0.5, 0.6) is 0 Å². The number of ether oxygens (including phenoxy) is 1. The SMILES string of the molecule is C/C1=C\C[C@@H]2[C@H](CC[C@]34CN(C)[C@@H](C)[C@H]3CC[C@@H]24)[C@@H](C)CC[C@H](OC(=O)C2CC2)C1. The molecule has 3 nitrogen and oxygen atoms in total. The summed E-state index contributed by atoms with van der Waals surface area (Å²) in [5, 5.41) is 0. The lowest BCUT2D eigenvalue weighted by atomic mass is 9.54. The van der Waals surface area contributed by atoms with Crippen LogP contribution in [0.15, 0.2) is 11.6 Å². The summed E-state index contributed by atoms with van der Waals surface area (Å²) in [6.45, 7) is 8.60. The van der Waals surface area contributed by atoms with Crippen molar-refractivity contribution in [1.29, 1.82) is 0 Å². The fourth-order valence-corrected chi connectivity index (χ4v) is 8.39. The summed E-state index contributed by atoms with van der Waals surface area (Å²) in [4.78, 5) is 14.9. The highest BCUT2D eigenvalue weighted by molar-refractivity contribution is 5.75. The first-order valence-corrected chi connectivity index (χ1v) is 13.0. The van der Waals surface area contributed by atoms with E-state index in [2.05, 4.69) is 38.8 Å². The summed E-state index contributed by atoms with van der Waals surface area (Å²) in [7, 11) is 2.37. The average molecular weight is 414 g/mol. The van der Waals surface area contributed by atoms with Gasteiger partial charge in [-0.1, -0.05) is 18.6 Å². The molecule has 0 amide bonds. The quantitative estimate of drug-likeness (QED) is 0.421. The molecule has 0 aromatic heterocycles. The first kappa shape index (κ1) is 21.0. The summed E-state index contributed by atoms with van der Waals surface area (Å²) < 4.78 is 5.97. The summed E-state index contributed by atoms with van der Waals surface area (Å²) in [6, 6.07) is 0.766. The lowest BCUT2D eigenvalue weighted by Gasteiger charge is -2.50. The van der Waals surface area contributed by atoms with E-state index in [4.69, 9.17) is 4.74 Å². The molecule has 30 heavy (non-hydrogen) atoms. The predicted octanol–water partition coefficient (Wildman–Crippen LogP) is 5.84. The van der Waals surface area contributed by atoms with Crippen molar-refractivity contribution in [1.82, 2.24) is 4.90 Å². The van der Waals surface area contributed by atoms with Crippen molar-refractivity contribution < 1.29 is 9.53 Å². The summed E-state index contributed by atoms with van der Waals surface area (Å²) in [5.74, 6) is 4.59. The Morgan fingerprint density at radius 3 is 2.57 bits per heavy atom. The number of rotatable bonds is 2. The van der Waals surface area contributed by atoms with Crippen LogP contribution in [0.2, 0.25) is 0 Å². The number of carbonyl (C=O) groups excluding carboxylic acids is 1. The molecule has 3 saturated carbocycles. The fourth-order valence-electron chi connectivity index (χ4n) is 8.39. The van der Waals surface area contributed by atoms with E-state index in [9.17, 15) is 4.79 Å². The molecule has 8 atom stereocenters. The molecule has 0 aromatic carbocycles. The molecule has 4 fully saturated rings. The zero-order chi connectivity index (χ0) is 21.0. The molecular weight excluding hydrogens is 370 g/mol. The van der Waals surface area contributed by atoms with E-state index in [1.165, 1.54) is 50.6 Å². The summed E-state index contributed by atoms with van der Waals surface area (Å²) in [6.07, 6.45) is 15.0. The maximum Gasteiger partial charge on any atom is 0.309 e. The normalized spacial score (nSPS) is 48.8. The van der Waals surface area contributed by atoms with Gasteiger partial charge in [-0.25, -0.2) is 0 Å². The van der Waals surface area contributed by atoms with Gasteiger partial charge in [0.15, 0.2) is 0 Å². The van der Waals surface area contributed by atoms with Gasteiger partial charge in [-0.2, -0.15) is 0 Å². The first-order valence-electron chi connectivity index (χ1n) is 13.0. The minimum absolute atomic E-state index is 0.0754. The molecule has 0 N–H and O–H groups in total. The second-order valence-corrected chi connectivity index (χ2v) is 11.9. The van der Waals surface area contributed by atoms with E-state index in [0.29, 0.717) is 5.41 Å². The van der Waals surface area contributed by atoms with Crippen LogP contribution in [0.4, 0.5) is 0 Å². The fraction of sp³-hybridized carbons (Fsp3) is 0.889. The minimum atomic E-state index is 0.0754. The van der Waals surface area contributed by atoms with Crippen molar-refractivity contribution in [2.24, 2.45) is 40.9 Å². The number of allylic oxidation sites excluding steroid dienone is 1.